The van der Waals surface area contributed by atoms with Crippen LogP contribution in [0.4, 0.5) is 24.0 Å². The quantitative estimate of drug-likeness (QED) is 0.0399. The number of β-lactam (4-membered cyclic amide) rings is 4. The van der Waals surface area contributed by atoms with Crippen LogP contribution in [0.2, 0.25) is 0 Å². The first-order chi connectivity index (χ1) is 60.7. The van der Waals surface area contributed by atoms with Gasteiger partial charge < -0.3 is 90.1 Å². The number of likely N-dealkylation sites (tertiary alicyclic amines) is 6. The second kappa shape index (κ2) is 39.5. The number of carbonyl (C=O) groups excluding carboxylic acids is 11. The average molecular weight is 1850 g/mol. The molecule has 9 aliphatic heterocycles. The number of carboxylic acids is 4. The van der Waals surface area contributed by atoms with E-state index in [0.717, 1.165) is 26.5 Å². The van der Waals surface area contributed by atoms with Gasteiger partial charge in [0.25, 0.3) is 11.8 Å². The van der Waals surface area contributed by atoms with Gasteiger partial charge in [0, 0.05) is 79.2 Å². The van der Waals surface area contributed by atoms with Crippen molar-refractivity contribution in [3.63, 3.8) is 0 Å². The Bertz CT molecular complexity index is 4750. The van der Waals surface area contributed by atoms with Crippen LogP contribution in [0.25, 0.3) is 0 Å². The maximum Gasteiger partial charge on any atom is 0.411 e. The van der Waals surface area contributed by atoms with Crippen molar-refractivity contribution in [3.05, 3.63) is 108 Å². The van der Waals surface area contributed by atoms with Gasteiger partial charge in [-0.05, 0) is 140 Å². The number of nitrogens with one attached hydrogen (secondary N) is 4. The van der Waals surface area contributed by atoms with Crippen molar-refractivity contribution in [1.82, 2.24) is 55.9 Å². The lowest BCUT2D eigenvalue weighted by molar-refractivity contribution is -0.241. The van der Waals surface area contributed by atoms with Crippen LogP contribution in [0.15, 0.2) is 91.0 Å². The fourth-order valence-corrected chi connectivity index (χ4v) is 17.3. The van der Waals surface area contributed by atoms with E-state index < -0.39 is 188 Å². The molecule has 12 N–H and O–H groups in total. The van der Waals surface area contributed by atoms with E-state index in [0.29, 0.717) is 37.4 Å². The van der Waals surface area contributed by atoms with Gasteiger partial charge in [0.1, 0.15) is 51.1 Å². The molecule has 0 aliphatic carbocycles. The number of nitrogens with zero attached hydrogens (tertiary/aromatic N) is 7. The van der Waals surface area contributed by atoms with Gasteiger partial charge in [-0.2, -0.15) is 0 Å². The number of hydrogen-bond donors (Lipinski definition) is 12. The van der Waals surface area contributed by atoms with E-state index in [1.54, 1.807) is 135 Å². The molecule has 0 aromatic heterocycles. The van der Waals surface area contributed by atoms with Crippen LogP contribution in [0, 0.1) is 27.1 Å². The van der Waals surface area contributed by atoms with E-state index in [-0.39, 0.29) is 102 Å². The minimum Gasteiger partial charge on any atom is -0.481 e. The minimum atomic E-state index is -2.15. The smallest absolute Gasteiger partial charge is 0.411 e. The van der Waals surface area contributed by atoms with E-state index in [9.17, 15) is 113 Å². The number of carboxylic acid groups (broad SMARTS) is 4. The molecule has 0 radical (unpaired) electrons. The number of amides is 11. The number of rotatable bonds is 21. The fraction of sp³-hybridized carbons (Fsp3) is 0.629. The zero-order chi connectivity index (χ0) is 98.3. The molecule has 42 nitrogen and oxygen atoms in total. The fourth-order valence-electron chi connectivity index (χ4n) is 17.3. The van der Waals surface area contributed by atoms with Crippen molar-refractivity contribution in [1.29, 1.82) is 0 Å². The highest BCUT2D eigenvalue weighted by Gasteiger charge is 2.74. The van der Waals surface area contributed by atoms with Crippen molar-refractivity contribution >= 4 is 89.8 Å². The van der Waals surface area contributed by atoms with Crippen LogP contribution in [0.1, 0.15) is 166 Å². The molecule has 724 valence electrons. The van der Waals surface area contributed by atoms with Crippen LogP contribution in [-0.4, -0.2) is 327 Å². The number of aliphatic carboxylic acids is 4. The van der Waals surface area contributed by atoms with E-state index >= 15 is 0 Å². The monoisotopic (exact) mass is 1850 g/mol. The third-order valence-corrected chi connectivity index (χ3v) is 24.1. The second-order valence-corrected chi connectivity index (χ2v) is 39.9. The average Bonchev–Trinajstić information content (AvgIpc) is 1.54. The highest BCUT2D eigenvalue weighted by molar-refractivity contribution is 6.02. The summed E-state index contributed by atoms with van der Waals surface area (Å²) in [6.45, 7) is 24.8. The molecule has 12 rings (SSSR count). The number of aliphatic hydroxyl groups is 4. The largest absolute Gasteiger partial charge is 0.481 e. The first-order valence-corrected chi connectivity index (χ1v) is 42.7. The Morgan fingerprint density at radius 1 is 0.397 bits per heavy atom. The topological polar surface area (TPSA) is 563 Å². The molecule has 0 bridgehead atoms. The van der Waals surface area contributed by atoms with Crippen molar-refractivity contribution in [2.45, 2.75) is 225 Å². The summed E-state index contributed by atoms with van der Waals surface area (Å²) in [5, 5.41) is 86.8. The van der Waals surface area contributed by atoms with Gasteiger partial charge in [0.05, 0.1) is 81.0 Å². The summed E-state index contributed by atoms with van der Waals surface area (Å²) in [6.07, 6.45) is -4.20. The van der Waals surface area contributed by atoms with Gasteiger partial charge in [-0.1, -0.05) is 97.9 Å². The zero-order valence-corrected chi connectivity index (χ0v) is 77.5. The summed E-state index contributed by atoms with van der Waals surface area (Å²) in [6, 6.07) is 27.8. The normalized spacial score (nSPS) is 27.5. The third-order valence-electron chi connectivity index (χ3n) is 24.1. The van der Waals surface area contributed by atoms with Gasteiger partial charge in [0.2, 0.25) is 23.6 Å². The number of hydroxylamine groups is 3. The molecule has 10 atom stereocenters. The summed E-state index contributed by atoms with van der Waals surface area (Å²) >= 11 is 0. The molecule has 4 spiro atoms. The molecule has 9 saturated heterocycles. The highest BCUT2D eigenvalue weighted by Crippen LogP contribution is 2.54. The van der Waals surface area contributed by atoms with Crippen molar-refractivity contribution < 1.29 is 151 Å². The Hall–Kier alpha value is -11.6. The molecule has 9 heterocycles. The number of hydrogen-bond acceptors (Lipinski definition) is 27. The van der Waals surface area contributed by atoms with Crippen molar-refractivity contribution in [2.75, 3.05) is 106 Å². The van der Waals surface area contributed by atoms with Crippen LogP contribution < -0.4 is 21.4 Å². The Morgan fingerprint density at radius 3 is 1.14 bits per heavy atom. The molecule has 9 aliphatic rings. The third kappa shape index (κ3) is 22.4. The number of aliphatic hydroxyl groups excluding tert-OH is 4. The van der Waals surface area contributed by atoms with E-state index in [4.69, 9.17) is 38.1 Å². The van der Waals surface area contributed by atoms with Crippen LogP contribution in [0.3, 0.4) is 0 Å². The van der Waals surface area contributed by atoms with Crippen molar-refractivity contribution in [2.24, 2.45) is 27.1 Å². The number of ether oxygens (including phenoxy) is 6. The van der Waals surface area contributed by atoms with E-state index in [2.05, 4.69) is 21.4 Å². The summed E-state index contributed by atoms with van der Waals surface area (Å²) in [5.41, 5.74) is -13.0. The van der Waals surface area contributed by atoms with Crippen molar-refractivity contribution in [3.8, 4) is 0 Å². The second-order valence-electron chi connectivity index (χ2n) is 39.9. The lowest BCUT2D eigenvalue weighted by Gasteiger charge is -2.50. The van der Waals surface area contributed by atoms with Gasteiger partial charge in [-0.3, -0.25) is 72.5 Å². The van der Waals surface area contributed by atoms with Gasteiger partial charge in [-0.25, -0.2) is 44.1 Å². The standard InChI is InChI=1S/C21H31N3O7.C21H27N3O5.C21H29NO7.C13H19N3O4.C13H21NO8/c1-19(2,3)31-18(29)24-12-20(13-25,16(27)22-4)11-21(24,14-26)17(28)23-30-10-15-8-6-5-7-9-15;1-19(2,3)29-18(27)23-13-20(12-22(4)16(20)25)11-21(23)14-24(17(21)26)28-10-15-8-6-5-7-9-15;1-5-20(16(23)24)12-21(17(25)26,14-28-11-15-9-7-6-8-10-15)22(13-20)18(27)29-19(2,3)4;1-11(2,3)20-10(19)16-7-12(5-14-8(12)17)4-13(16)6-15-9(13)18;1-11(2,3)22-10(21)14-5-12(6-15,8(17)18)4-13(14,7-16)9(19)20/h5-9,25-26H,10-14H2,1-4H3,(H,22,27)(H,23,28);5-9H,10-14H2,1-4H3;6-10H,5,11-14H2,1-4H3,(H,23,24)(H,25,26);4-7H2,1-3H3,(H,14,17)(H,15,18);15-16H,4-7H2,1-3H3,(H,17,18)(H,19,20). The predicted octanol–water partition coefficient (Wildman–Crippen LogP) is 4.40. The Labute approximate surface area is 759 Å². The van der Waals surface area contributed by atoms with E-state index in [1.165, 1.54) is 21.9 Å². The lowest BCUT2D eigenvalue weighted by atomic mass is 9.72. The Kier molecular flexibility index (Phi) is 31.6. The molecule has 42 heteroatoms. The molecule has 9 fully saturated rings. The van der Waals surface area contributed by atoms with Crippen LogP contribution >= 0.6 is 0 Å². The molecular weight excluding hydrogens is 1720 g/mol. The molecule has 10 unspecified atom stereocenters. The molecule has 0 saturated carbocycles. The Morgan fingerprint density at radius 2 is 0.779 bits per heavy atom. The predicted molar refractivity (Wildman–Crippen MR) is 459 cm³/mol. The number of carbonyl (C=O) groups is 15. The molecule has 3 aromatic rings. The summed E-state index contributed by atoms with van der Waals surface area (Å²) in [5.74, 6) is -7.43. The SMILES string of the molecule is CC(C)(C)OC(=O)N1CC(CO)(C(=O)O)CC1(CO)C(=O)O.CC(C)(C)OC(=O)N1CC2(CNC2=O)CC12CNC2=O.CCC1(C(=O)O)CN(C(=O)OC(C)(C)C)C(COCc2ccccc2)(C(=O)O)C1.CN1CC2(CN(C(=O)OC(C)(C)C)C3(CN(OCc4ccccc4)C3=O)C2)C1=O.CNC(=O)C1(CO)CN(C(=O)OC(C)(C)C)C(CO)(C(=O)NOCc2ccccc2)C1. The number of benzene rings is 3. The maximum absolute atomic E-state index is 13.1. The van der Waals surface area contributed by atoms with Crippen LogP contribution in [-0.2, 0) is 106 Å². The first kappa shape index (κ1) is 105. The molecule has 131 heavy (non-hydrogen) atoms. The van der Waals surface area contributed by atoms with Gasteiger partial charge in [-0.15, -0.1) is 0 Å². The van der Waals surface area contributed by atoms with Crippen LogP contribution in [0.5, 0.6) is 0 Å². The maximum atomic E-state index is 13.1. The van der Waals surface area contributed by atoms with Gasteiger partial charge in [0.15, 0.2) is 16.6 Å². The molecule has 3 aromatic carbocycles. The zero-order valence-electron chi connectivity index (χ0n) is 77.5. The molecular formula is C89H127N11O31. The van der Waals surface area contributed by atoms with E-state index in [1.807, 2.05) is 78.9 Å². The summed E-state index contributed by atoms with van der Waals surface area (Å²) in [4.78, 5) is 204. The summed E-state index contributed by atoms with van der Waals surface area (Å²) in [7, 11) is 3.12. The molecule has 11 amide bonds. The van der Waals surface area contributed by atoms with Gasteiger partial charge >= 0.3 is 54.3 Å². The highest BCUT2D eigenvalue weighted by atomic mass is 16.7. The lowest BCUT2D eigenvalue weighted by Crippen LogP contribution is -2.73. The first-order valence-electron chi connectivity index (χ1n) is 42.7. The Balaban J connectivity index is 0.000000204. The summed E-state index contributed by atoms with van der Waals surface area (Å²) < 4.78 is 32.5. The minimum absolute atomic E-state index is 0.0283.